The summed E-state index contributed by atoms with van der Waals surface area (Å²) in [6, 6.07) is 14.0. The lowest BCUT2D eigenvalue weighted by Gasteiger charge is -2.14. The van der Waals surface area contributed by atoms with Crippen LogP contribution in [0.25, 0.3) is 0 Å². The van der Waals surface area contributed by atoms with Gasteiger partial charge in [0.2, 0.25) is 0 Å². The molecule has 0 heterocycles. The summed E-state index contributed by atoms with van der Waals surface area (Å²) in [5, 5.41) is 8.77. The van der Waals surface area contributed by atoms with E-state index in [1.807, 2.05) is 24.3 Å². The van der Waals surface area contributed by atoms with Crippen molar-refractivity contribution in [3.8, 4) is 11.8 Å². The van der Waals surface area contributed by atoms with E-state index in [9.17, 15) is 0 Å². The number of nitrogens with zero attached hydrogens (tertiary/aromatic N) is 1. The molecule has 2 aromatic carbocycles. The third-order valence-corrected chi connectivity index (χ3v) is 3.59. The van der Waals surface area contributed by atoms with Crippen LogP contribution in [0.1, 0.15) is 27.8 Å². The maximum Gasteiger partial charge on any atom is 0.125 e. The van der Waals surface area contributed by atoms with Crippen molar-refractivity contribution in [2.45, 2.75) is 27.2 Å². The van der Waals surface area contributed by atoms with Gasteiger partial charge in [0, 0.05) is 6.42 Å². The lowest BCUT2D eigenvalue weighted by molar-refractivity contribution is 0.317. The smallest absolute Gasteiger partial charge is 0.125 e. The average molecular weight is 265 g/mol. The zero-order valence-corrected chi connectivity index (χ0v) is 12.2. The molecule has 0 unspecified atom stereocenters. The first kappa shape index (κ1) is 14.1. The Morgan fingerprint density at radius 1 is 0.950 bits per heavy atom. The second kappa shape index (κ2) is 6.25. The fraction of sp³-hybridized carbons (Fsp3) is 0.278. The zero-order chi connectivity index (χ0) is 14.5. The molecule has 102 valence electrons. The monoisotopic (exact) mass is 265 g/mol. The SMILES string of the molecule is Cc1ccc(C)c(OCCc2ccc(C#N)cc2)c1C. The highest BCUT2D eigenvalue weighted by Crippen LogP contribution is 2.25. The largest absolute Gasteiger partial charge is 0.493 e. The molecule has 2 heteroatoms. The van der Waals surface area contributed by atoms with Gasteiger partial charge in [-0.1, -0.05) is 24.3 Å². The summed E-state index contributed by atoms with van der Waals surface area (Å²) in [5.41, 5.74) is 5.52. The Bertz CT molecular complexity index is 636. The van der Waals surface area contributed by atoms with Crippen molar-refractivity contribution < 1.29 is 4.74 Å². The molecule has 0 aliphatic heterocycles. The van der Waals surface area contributed by atoms with Gasteiger partial charge in [-0.25, -0.2) is 0 Å². The van der Waals surface area contributed by atoms with Gasteiger partial charge in [0.1, 0.15) is 5.75 Å². The van der Waals surface area contributed by atoms with Crippen LogP contribution < -0.4 is 4.74 Å². The number of ether oxygens (including phenoxy) is 1. The summed E-state index contributed by atoms with van der Waals surface area (Å²) in [7, 11) is 0. The molecule has 2 nitrogen and oxygen atoms in total. The van der Waals surface area contributed by atoms with E-state index in [-0.39, 0.29) is 0 Å². The van der Waals surface area contributed by atoms with Crippen molar-refractivity contribution in [1.29, 1.82) is 5.26 Å². The Morgan fingerprint density at radius 3 is 2.25 bits per heavy atom. The van der Waals surface area contributed by atoms with Crippen molar-refractivity contribution in [3.05, 3.63) is 64.2 Å². The highest BCUT2D eigenvalue weighted by molar-refractivity contribution is 5.44. The van der Waals surface area contributed by atoms with Gasteiger partial charge in [0.25, 0.3) is 0 Å². The molecular weight excluding hydrogens is 246 g/mol. The molecule has 0 radical (unpaired) electrons. The quantitative estimate of drug-likeness (QED) is 0.833. The molecule has 0 amide bonds. The van der Waals surface area contributed by atoms with Gasteiger partial charge in [-0.3, -0.25) is 0 Å². The van der Waals surface area contributed by atoms with Crippen molar-refractivity contribution >= 4 is 0 Å². The Balaban J connectivity index is 1.99. The Kier molecular flexibility index (Phi) is 4.42. The number of hydrogen-bond donors (Lipinski definition) is 0. The van der Waals surface area contributed by atoms with E-state index >= 15 is 0 Å². The van der Waals surface area contributed by atoms with E-state index in [2.05, 4.69) is 39.0 Å². The van der Waals surface area contributed by atoms with E-state index in [4.69, 9.17) is 10.00 Å². The van der Waals surface area contributed by atoms with Crippen LogP contribution in [0.5, 0.6) is 5.75 Å². The van der Waals surface area contributed by atoms with Crippen LogP contribution in [0.2, 0.25) is 0 Å². The highest BCUT2D eigenvalue weighted by atomic mass is 16.5. The predicted octanol–water partition coefficient (Wildman–Crippen LogP) is 4.11. The van der Waals surface area contributed by atoms with Crippen LogP contribution in [0.15, 0.2) is 36.4 Å². The zero-order valence-electron chi connectivity index (χ0n) is 12.2. The molecule has 0 saturated carbocycles. The third kappa shape index (κ3) is 3.19. The van der Waals surface area contributed by atoms with Crippen LogP contribution in [0.4, 0.5) is 0 Å². The van der Waals surface area contributed by atoms with Crippen molar-refractivity contribution in [2.24, 2.45) is 0 Å². The molecule has 0 atom stereocenters. The van der Waals surface area contributed by atoms with Gasteiger partial charge in [-0.05, 0) is 55.2 Å². The predicted molar refractivity (Wildman–Crippen MR) is 81.0 cm³/mol. The molecular formula is C18H19NO. The summed E-state index contributed by atoms with van der Waals surface area (Å²) in [6.45, 7) is 6.92. The molecule has 0 N–H and O–H groups in total. The van der Waals surface area contributed by atoms with Crippen molar-refractivity contribution in [1.82, 2.24) is 0 Å². The Hall–Kier alpha value is -2.27. The molecule has 0 aromatic heterocycles. The van der Waals surface area contributed by atoms with E-state index in [1.165, 1.54) is 22.3 Å². The van der Waals surface area contributed by atoms with Crippen molar-refractivity contribution in [3.63, 3.8) is 0 Å². The van der Waals surface area contributed by atoms with Gasteiger partial charge < -0.3 is 4.74 Å². The lowest BCUT2D eigenvalue weighted by atomic mass is 10.1. The number of rotatable bonds is 4. The second-order valence-electron chi connectivity index (χ2n) is 5.06. The maximum atomic E-state index is 8.77. The minimum absolute atomic E-state index is 0.650. The molecule has 0 saturated heterocycles. The number of aryl methyl sites for hydroxylation is 2. The van der Waals surface area contributed by atoms with E-state index in [0.29, 0.717) is 12.2 Å². The Labute approximate surface area is 120 Å². The number of hydrogen-bond acceptors (Lipinski definition) is 2. The third-order valence-electron chi connectivity index (χ3n) is 3.59. The van der Waals surface area contributed by atoms with Gasteiger partial charge in [0.05, 0.1) is 18.2 Å². The topological polar surface area (TPSA) is 33.0 Å². The van der Waals surface area contributed by atoms with Gasteiger partial charge in [-0.15, -0.1) is 0 Å². The van der Waals surface area contributed by atoms with Crippen molar-refractivity contribution in [2.75, 3.05) is 6.61 Å². The summed E-state index contributed by atoms with van der Waals surface area (Å²) in [5.74, 6) is 0.999. The molecule has 0 aliphatic carbocycles. The fourth-order valence-electron chi connectivity index (χ4n) is 2.16. The van der Waals surface area contributed by atoms with Gasteiger partial charge >= 0.3 is 0 Å². The minimum atomic E-state index is 0.650. The van der Waals surface area contributed by atoms with Crippen LogP contribution in [0, 0.1) is 32.1 Å². The molecule has 20 heavy (non-hydrogen) atoms. The summed E-state index contributed by atoms with van der Waals surface area (Å²) < 4.78 is 5.94. The maximum absolute atomic E-state index is 8.77. The minimum Gasteiger partial charge on any atom is -0.493 e. The first-order valence-electron chi connectivity index (χ1n) is 6.80. The summed E-state index contributed by atoms with van der Waals surface area (Å²) >= 11 is 0. The van der Waals surface area contributed by atoms with Crippen LogP contribution in [0.3, 0.4) is 0 Å². The summed E-state index contributed by atoms with van der Waals surface area (Å²) in [4.78, 5) is 0. The molecule has 2 aromatic rings. The summed E-state index contributed by atoms with van der Waals surface area (Å²) in [6.07, 6.45) is 0.846. The molecule has 0 fully saturated rings. The lowest BCUT2D eigenvalue weighted by Crippen LogP contribution is -2.04. The molecule has 0 aliphatic rings. The highest BCUT2D eigenvalue weighted by Gasteiger charge is 2.06. The molecule has 0 bridgehead atoms. The molecule has 2 rings (SSSR count). The van der Waals surface area contributed by atoms with E-state index in [0.717, 1.165) is 12.2 Å². The standard InChI is InChI=1S/C18H19NO/c1-13-4-5-14(2)18(15(13)3)20-11-10-16-6-8-17(12-19)9-7-16/h4-9H,10-11H2,1-3H3. The molecule has 0 spiro atoms. The van der Waals surface area contributed by atoms with E-state index in [1.54, 1.807) is 0 Å². The van der Waals surface area contributed by atoms with Crippen LogP contribution >= 0.6 is 0 Å². The first-order valence-corrected chi connectivity index (χ1v) is 6.80. The second-order valence-corrected chi connectivity index (χ2v) is 5.06. The van der Waals surface area contributed by atoms with Crippen LogP contribution in [-0.4, -0.2) is 6.61 Å². The Morgan fingerprint density at radius 2 is 1.60 bits per heavy atom. The fourth-order valence-corrected chi connectivity index (χ4v) is 2.16. The normalized spacial score (nSPS) is 10.1. The number of nitriles is 1. The number of benzene rings is 2. The van der Waals surface area contributed by atoms with E-state index < -0.39 is 0 Å². The van der Waals surface area contributed by atoms with Gasteiger partial charge in [-0.2, -0.15) is 5.26 Å². The van der Waals surface area contributed by atoms with Crippen LogP contribution in [-0.2, 0) is 6.42 Å². The first-order chi connectivity index (χ1) is 9.61. The average Bonchev–Trinajstić information content (AvgIpc) is 2.47. The van der Waals surface area contributed by atoms with Gasteiger partial charge in [0.15, 0.2) is 0 Å².